The second-order valence-electron chi connectivity index (χ2n) is 10.5. The molecule has 0 aromatic heterocycles. The molecule has 1 saturated carbocycles. The molecule has 0 radical (unpaired) electrons. The van der Waals surface area contributed by atoms with Crippen LogP contribution in [0.3, 0.4) is 0 Å². The second-order valence-corrected chi connectivity index (χ2v) is 20.0. The molecule has 0 aliphatic heterocycles. The first kappa shape index (κ1) is 33.3. The fourth-order valence-corrected chi connectivity index (χ4v) is 11.4. The molecule has 5 nitrogen and oxygen atoms in total. The van der Waals surface area contributed by atoms with E-state index >= 15 is 0 Å². The first-order chi connectivity index (χ1) is 17.2. The zero-order chi connectivity index (χ0) is 27.2. The standard InChI is InChI=1S/C29H56O5Si2/c1-9-17-18-19-24(33-35(11-3,12-4)13-5)20-21-25-26(22-29(31)32-10-2)27(30)23-28(25)34-36(14-6,15-7)16-8/h20-21,24-26,28H,9-19,22-23H2,1-8H3/t24-,25+,26+,28+/m0/s1. The van der Waals surface area contributed by atoms with Crippen LogP contribution in [-0.2, 0) is 23.2 Å². The minimum Gasteiger partial charge on any atom is -0.466 e. The predicted octanol–water partition coefficient (Wildman–Crippen LogP) is 8.06. The van der Waals surface area contributed by atoms with Crippen molar-refractivity contribution in [2.75, 3.05) is 6.61 Å². The van der Waals surface area contributed by atoms with Gasteiger partial charge in [-0.1, -0.05) is 79.9 Å². The van der Waals surface area contributed by atoms with Crippen LogP contribution in [0.25, 0.3) is 0 Å². The molecule has 36 heavy (non-hydrogen) atoms. The lowest BCUT2D eigenvalue weighted by molar-refractivity contribution is -0.146. The van der Waals surface area contributed by atoms with Crippen molar-refractivity contribution in [2.24, 2.45) is 11.8 Å². The van der Waals surface area contributed by atoms with Crippen LogP contribution in [0.1, 0.15) is 93.9 Å². The number of carbonyl (C=O) groups excluding carboxylic acids is 2. The average Bonchev–Trinajstić information content (AvgIpc) is 3.17. The van der Waals surface area contributed by atoms with Gasteiger partial charge in [-0.25, -0.2) is 0 Å². The van der Waals surface area contributed by atoms with Gasteiger partial charge in [0.25, 0.3) is 0 Å². The number of hydrogen-bond acceptors (Lipinski definition) is 5. The highest BCUT2D eigenvalue weighted by atomic mass is 28.4. The van der Waals surface area contributed by atoms with Gasteiger partial charge in [-0.15, -0.1) is 0 Å². The van der Waals surface area contributed by atoms with E-state index in [0.29, 0.717) is 13.0 Å². The third kappa shape index (κ3) is 9.52. The summed E-state index contributed by atoms with van der Waals surface area (Å²) in [4.78, 5) is 25.6. The van der Waals surface area contributed by atoms with E-state index < -0.39 is 16.6 Å². The van der Waals surface area contributed by atoms with Crippen LogP contribution in [-0.4, -0.2) is 47.2 Å². The fraction of sp³-hybridized carbons (Fsp3) is 0.862. The molecule has 1 fully saturated rings. The molecule has 7 heteroatoms. The topological polar surface area (TPSA) is 61.8 Å². The van der Waals surface area contributed by atoms with E-state index in [4.69, 9.17) is 13.6 Å². The Kier molecular flexibility index (Phi) is 15.7. The summed E-state index contributed by atoms with van der Waals surface area (Å²) >= 11 is 0. The number of ether oxygens (including phenoxy) is 1. The summed E-state index contributed by atoms with van der Waals surface area (Å²) in [5, 5.41) is 0. The molecule has 1 rings (SSSR count). The SMILES string of the molecule is CCCCC[C@@H](C=C[C@H]1[C@H](O[Si](CC)(CC)CC)CC(=O)[C@@H]1CC(=O)OCC)O[Si](CC)(CC)CC. The van der Waals surface area contributed by atoms with Gasteiger partial charge in [0.15, 0.2) is 16.6 Å². The maximum atomic E-state index is 13.2. The lowest BCUT2D eigenvalue weighted by atomic mass is 9.90. The summed E-state index contributed by atoms with van der Waals surface area (Å²) in [5.74, 6) is -0.622. The van der Waals surface area contributed by atoms with Gasteiger partial charge in [0.2, 0.25) is 0 Å². The molecule has 210 valence electrons. The van der Waals surface area contributed by atoms with Crippen LogP contribution in [0, 0.1) is 11.8 Å². The Hall–Kier alpha value is -0.766. The summed E-state index contributed by atoms with van der Waals surface area (Å²) in [7, 11) is -3.68. The molecule has 0 aromatic carbocycles. The van der Waals surface area contributed by atoms with Crippen molar-refractivity contribution >= 4 is 28.4 Å². The van der Waals surface area contributed by atoms with Crippen molar-refractivity contribution in [1.29, 1.82) is 0 Å². The largest absolute Gasteiger partial charge is 0.466 e. The van der Waals surface area contributed by atoms with E-state index in [0.717, 1.165) is 49.1 Å². The Morgan fingerprint density at radius 3 is 2.00 bits per heavy atom. The molecule has 1 aliphatic carbocycles. The number of ketones is 1. The van der Waals surface area contributed by atoms with Crippen LogP contribution in [0.15, 0.2) is 12.2 Å². The Balaban J connectivity index is 3.30. The van der Waals surface area contributed by atoms with Gasteiger partial charge < -0.3 is 13.6 Å². The highest BCUT2D eigenvalue weighted by Crippen LogP contribution is 2.39. The van der Waals surface area contributed by atoms with Crippen LogP contribution >= 0.6 is 0 Å². The zero-order valence-electron chi connectivity index (χ0n) is 24.7. The van der Waals surface area contributed by atoms with Crippen LogP contribution in [0.5, 0.6) is 0 Å². The van der Waals surface area contributed by atoms with Crippen molar-refractivity contribution in [2.45, 2.75) is 142 Å². The minimum absolute atomic E-state index is 0.0631. The first-order valence-corrected chi connectivity index (χ1v) is 20.0. The second kappa shape index (κ2) is 16.9. The normalized spacial score (nSPS) is 21.9. The monoisotopic (exact) mass is 540 g/mol. The van der Waals surface area contributed by atoms with Crippen LogP contribution in [0.2, 0.25) is 36.3 Å². The first-order valence-electron chi connectivity index (χ1n) is 14.9. The maximum absolute atomic E-state index is 13.2. The van der Waals surface area contributed by atoms with Gasteiger partial charge in [0.1, 0.15) is 5.78 Å². The lowest BCUT2D eigenvalue weighted by Gasteiger charge is -2.34. The average molecular weight is 541 g/mol. The maximum Gasteiger partial charge on any atom is 0.306 e. The summed E-state index contributed by atoms with van der Waals surface area (Å²) in [6.07, 6.45) is 9.39. The third-order valence-corrected chi connectivity index (χ3v) is 18.0. The molecular formula is C29H56O5Si2. The summed E-state index contributed by atoms with van der Waals surface area (Å²) in [6.45, 7) is 17.8. The van der Waals surface area contributed by atoms with Crippen molar-refractivity contribution in [3.05, 3.63) is 12.2 Å². The zero-order valence-corrected chi connectivity index (χ0v) is 26.7. The van der Waals surface area contributed by atoms with E-state index in [1.807, 2.05) is 6.92 Å². The molecule has 1 aliphatic rings. The fourth-order valence-electron chi connectivity index (χ4n) is 5.67. The number of Topliss-reactive ketones (excluding diaryl/α,β-unsaturated/α-hetero) is 1. The molecular weight excluding hydrogens is 484 g/mol. The summed E-state index contributed by atoms with van der Waals surface area (Å²) < 4.78 is 19.0. The molecule has 0 saturated heterocycles. The summed E-state index contributed by atoms with van der Waals surface area (Å²) in [6, 6.07) is 6.50. The molecule has 4 atom stereocenters. The lowest BCUT2D eigenvalue weighted by Crippen LogP contribution is -2.41. The van der Waals surface area contributed by atoms with E-state index in [2.05, 4.69) is 60.6 Å². The Labute approximate surface area is 224 Å². The smallest absolute Gasteiger partial charge is 0.306 e. The number of hydrogen-bond donors (Lipinski definition) is 0. The Bertz CT molecular complexity index is 656. The van der Waals surface area contributed by atoms with Gasteiger partial charge in [-0.2, -0.15) is 0 Å². The quantitative estimate of drug-likeness (QED) is 0.0717. The number of rotatable bonds is 19. The Morgan fingerprint density at radius 1 is 0.917 bits per heavy atom. The van der Waals surface area contributed by atoms with Crippen LogP contribution < -0.4 is 0 Å². The van der Waals surface area contributed by atoms with E-state index in [1.54, 1.807) is 0 Å². The number of carbonyl (C=O) groups is 2. The van der Waals surface area contributed by atoms with Crippen molar-refractivity contribution < 1.29 is 23.2 Å². The van der Waals surface area contributed by atoms with Gasteiger partial charge in [-0.05, 0) is 49.6 Å². The molecule has 0 aromatic rings. The molecule has 0 N–H and O–H groups in total. The molecule has 0 amide bonds. The Morgan fingerprint density at radius 2 is 1.50 bits per heavy atom. The molecule has 0 unspecified atom stereocenters. The number of esters is 1. The third-order valence-electron chi connectivity index (χ3n) is 8.71. The van der Waals surface area contributed by atoms with E-state index in [9.17, 15) is 9.59 Å². The van der Waals surface area contributed by atoms with Crippen molar-refractivity contribution in [3.63, 3.8) is 0 Å². The molecule has 0 heterocycles. The van der Waals surface area contributed by atoms with Gasteiger partial charge in [0.05, 0.1) is 25.2 Å². The highest BCUT2D eigenvalue weighted by Gasteiger charge is 2.46. The highest BCUT2D eigenvalue weighted by molar-refractivity contribution is 6.74. The molecule has 0 bridgehead atoms. The molecule has 0 spiro atoms. The summed E-state index contributed by atoms with van der Waals surface area (Å²) in [5.41, 5.74) is 0. The van der Waals surface area contributed by atoms with Crippen LogP contribution in [0.4, 0.5) is 0 Å². The van der Waals surface area contributed by atoms with Gasteiger partial charge >= 0.3 is 5.97 Å². The van der Waals surface area contributed by atoms with Gasteiger partial charge in [0, 0.05) is 18.3 Å². The predicted molar refractivity (Wildman–Crippen MR) is 155 cm³/mol. The van der Waals surface area contributed by atoms with Crippen molar-refractivity contribution in [1.82, 2.24) is 0 Å². The minimum atomic E-state index is -1.90. The van der Waals surface area contributed by atoms with E-state index in [1.165, 1.54) is 12.8 Å². The number of unbranched alkanes of at least 4 members (excludes halogenated alkanes) is 2. The van der Waals surface area contributed by atoms with E-state index in [-0.39, 0.29) is 42.2 Å². The van der Waals surface area contributed by atoms with Gasteiger partial charge in [-0.3, -0.25) is 9.59 Å². The van der Waals surface area contributed by atoms with Crippen molar-refractivity contribution in [3.8, 4) is 0 Å².